The quantitative estimate of drug-likeness (QED) is 0.674. The van der Waals surface area contributed by atoms with Gasteiger partial charge in [-0.1, -0.05) is 35.3 Å². The number of nitrogens with one attached hydrogen (secondary N) is 1. The van der Waals surface area contributed by atoms with Gasteiger partial charge >= 0.3 is 0 Å². The van der Waals surface area contributed by atoms with Crippen LogP contribution in [0, 0.1) is 0 Å². The van der Waals surface area contributed by atoms with E-state index >= 15 is 0 Å². The lowest BCUT2D eigenvalue weighted by Crippen LogP contribution is -2.12. The molecule has 0 bridgehead atoms. The normalized spacial score (nSPS) is 10.5. The molecule has 0 unspecified atom stereocenters. The number of methoxy groups -OCH3 is 1. The van der Waals surface area contributed by atoms with Gasteiger partial charge in [-0.3, -0.25) is 0 Å². The zero-order valence-corrected chi connectivity index (χ0v) is 15.0. The van der Waals surface area contributed by atoms with Crippen LogP contribution in [0.5, 0.6) is 11.5 Å². The molecular formula is C17H16Cl2N4O2. The van der Waals surface area contributed by atoms with Gasteiger partial charge in [0.15, 0.2) is 11.5 Å². The van der Waals surface area contributed by atoms with Crippen molar-refractivity contribution in [1.29, 1.82) is 0 Å². The Balaban J connectivity index is 1.69. The van der Waals surface area contributed by atoms with Gasteiger partial charge in [0.2, 0.25) is 0 Å². The summed E-state index contributed by atoms with van der Waals surface area (Å²) in [5.74, 6) is 1.25. The summed E-state index contributed by atoms with van der Waals surface area (Å²) in [6, 6.07) is 11.1. The SMILES string of the molecule is COc1cc(CNn2cnnc2)ccc1OCc1c(Cl)cccc1Cl. The van der Waals surface area contributed by atoms with E-state index in [-0.39, 0.29) is 6.61 Å². The molecule has 130 valence electrons. The van der Waals surface area contributed by atoms with Crippen molar-refractivity contribution in [3.05, 3.63) is 70.2 Å². The Bertz CT molecular complexity index is 820. The van der Waals surface area contributed by atoms with Crippen LogP contribution in [-0.2, 0) is 13.2 Å². The molecule has 0 aliphatic carbocycles. The second-order valence-electron chi connectivity index (χ2n) is 5.18. The Morgan fingerprint density at radius 3 is 2.44 bits per heavy atom. The van der Waals surface area contributed by atoms with Gasteiger partial charge in [0.25, 0.3) is 0 Å². The maximum absolute atomic E-state index is 6.17. The highest BCUT2D eigenvalue weighted by atomic mass is 35.5. The first-order valence-electron chi connectivity index (χ1n) is 7.48. The predicted molar refractivity (Wildman–Crippen MR) is 96.9 cm³/mol. The predicted octanol–water partition coefficient (Wildman–Crippen LogP) is 3.92. The molecule has 0 amide bonds. The molecule has 0 aliphatic rings. The standard InChI is InChI=1S/C17H16Cl2N4O2/c1-24-17-7-12(8-22-23-10-20-21-11-23)5-6-16(17)25-9-13-14(18)3-2-4-15(13)19/h2-7,10-11,22H,8-9H2,1H3. The number of ether oxygens (including phenoxy) is 2. The van der Waals surface area contributed by atoms with Gasteiger partial charge in [0.05, 0.1) is 13.7 Å². The Morgan fingerprint density at radius 2 is 1.76 bits per heavy atom. The molecule has 0 saturated carbocycles. The maximum atomic E-state index is 6.17. The maximum Gasteiger partial charge on any atom is 0.161 e. The van der Waals surface area contributed by atoms with Gasteiger partial charge in [-0.25, -0.2) is 4.68 Å². The number of aromatic nitrogens is 3. The van der Waals surface area contributed by atoms with Crippen LogP contribution in [0.2, 0.25) is 10.0 Å². The summed E-state index contributed by atoms with van der Waals surface area (Å²) >= 11 is 12.3. The number of hydrogen-bond acceptors (Lipinski definition) is 5. The molecule has 0 saturated heterocycles. The highest BCUT2D eigenvalue weighted by Gasteiger charge is 2.10. The average Bonchev–Trinajstić information content (AvgIpc) is 3.13. The third-order valence-corrected chi connectivity index (χ3v) is 4.25. The fraction of sp³-hybridized carbons (Fsp3) is 0.176. The summed E-state index contributed by atoms with van der Waals surface area (Å²) in [6.45, 7) is 0.845. The van der Waals surface area contributed by atoms with Gasteiger partial charge in [-0.15, -0.1) is 10.2 Å². The summed E-state index contributed by atoms with van der Waals surface area (Å²) < 4.78 is 12.9. The second-order valence-corrected chi connectivity index (χ2v) is 5.99. The van der Waals surface area contributed by atoms with Crippen molar-refractivity contribution in [1.82, 2.24) is 14.9 Å². The summed E-state index contributed by atoms with van der Waals surface area (Å²) in [5, 5.41) is 8.61. The Labute approximate surface area is 155 Å². The van der Waals surface area contributed by atoms with E-state index in [1.807, 2.05) is 18.2 Å². The fourth-order valence-electron chi connectivity index (χ4n) is 2.23. The van der Waals surface area contributed by atoms with Crippen molar-refractivity contribution in [3.8, 4) is 11.5 Å². The van der Waals surface area contributed by atoms with E-state index in [0.717, 1.165) is 11.1 Å². The fourth-order valence-corrected chi connectivity index (χ4v) is 2.73. The van der Waals surface area contributed by atoms with Crippen LogP contribution in [0.15, 0.2) is 49.1 Å². The average molecular weight is 379 g/mol. The van der Waals surface area contributed by atoms with E-state index in [0.29, 0.717) is 28.1 Å². The lowest BCUT2D eigenvalue weighted by atomic mass is 10.2. The Kier molecular flexibility index (Phi) is 5.63. The van der Waals surface area contributed by atoms with Gasteiger partial charge < -0.3 is 14.9 Å². The van der Waals surface area contributed by atoms with Gasteiger partial charge in [-0.05, 0) is 29.8 Å². The molecule has 3 aromatic rings. The Hall–Kier alpha value is -2.44. The molecule has 0 atom stereocenters. The molecule has 0 radical (unpaired) electrons. The summed E-state index contributed by atoms with van der Waals surface area (Å²) in [4.78, 5) is 0. The largest absolute Gasteiger partial charge is 0.493 e. The van der Waals surface area contributed by atoms with E-state index in [1.54, 1.807) is 42.6 Å². The van der Waals surface area contributed by atoms with Crippen molar-refractivity contribution in [2.45, 2.75) is 13.2 Å². The number of rotatable bonds is 7. The third-order valence-electron chi connectivity index (χ3n) is 3.55. The molecule has 2 aromatic carbocycles. The smallest absolute Gasteiger partial charge is 0.161 e. The Morgan fingerprint density at radius 1 is 1.04 bits per heavy atom. The zero-order valence-electron chi connectivity index (χ0n) is 13.4. The van der Waals surface area contributed by atoms with Gasteiger partial charge in [0, 0.05) is 15.6 Å². The van der Waals surface area contributed by atoms with E-state index < -0.39 is 0 Å². The van der Waals surface area contributed by atoms with Crippen molar-refractivity contribution in [2.24, 2.45) is 0 Å². The number of nitrogens with zero attached hydrogens (tertiary/aromatic N) is 3. The molecule has 6 nitrogen and oxygen atoms in total. The molecule has 0 spiro atoms. The van der Waals surface area contributed by atoms with E-state index in [4.69, 9.17) is 32.7 Å². The van der Waals surface area contributed by atoms with Crippen molar-refractivity contribution in [2.75, 3.05) is 12.5 Å². The summed E-state index contributed by atoms with van der Waals surface area (Å²) in [5.41, 5.74) is 4.91. The van der Waals surface area contributed by atoms with Crippen LogP contribution in [0.1, 0.15) is 11.1 Å². The van der Waals surface area contributed by atoms with Crippen LogP contribution < -0.4 is 14.9 Å². The molecule has 3 rings (SSSR count). The van der Waals surface area contributed by atoms with Crippen LogP contribution in [-0.4, -0.2) is 22.0 Å². The van der Waals surface area contributed by atoms with Crippen LogP contribution in [0.4, 0.5) is 0 Å². The first-order chi connectivity index (χ1) is 12.2. The van der Waals surface area contributed by atoms with Crippen molar-refractivity contribution in [3.63, 3.8) is 0 Å². The number of benzene rings is 2. The van der Waals surface area contributed by atoms with Crippen molar-refractivity contribution >= 4 is 23.2 Å². The number of halogens is 2. The molecule has 1 N–H and O–H groups in total. The molecule has 1 heterocycles. The van der Waals surface area contributed by atoms with E-state index in [9.17, 15) is 0 Å². The third kappa shape index (κ3) is 4.35. The van der Waals surface area contributed by atoms with Gasteiger partial charge in [-0.2, -0.15) is 0 Å². The molecule has 8 heteroatoms. The summed E-state index contributed by atoms with van der Waals surface area (Å²) in [7, 11) is 1.60. The minimum atomic E-state index is 0.257. The monoisotopic (exact) mass is 378 g/mol. The topological polar surface area (TPSA) is 61.2 Å². The second kappa shape index (κ2) is 8.09. The lowest BCUT2D eigenvalue weighted by molar-refractivity contribution is 0.284. The number of hydrogen-bond donors (Lipinski definition) is 1. The van der Waals surface area contributed by atoms with Crippen molar-refractivity contribution < 1.29 is 9.47 Å². The van der Waals surface area contributed by atoms with Crippen LogP contribution in [0.25, 0.3) is 0 Å². The highest BCUT2D eigenvalue weighted by Crippen LogP contribution is 2.31. The highest BCUT2D eigenvalue weighted by molar-refractivity contribution is 6.35. The van der Waals surface area contributed by atoms with E-state index in [2.05, 4.69) is 15.6 Å². The lowest BCUT2D eigenvalue weighted by Gasteiger charge is -2.14. The molecule has 25 heavy (non-hydrogen) atoms. The molecule has 0 aliphatic heterocycles. The minimum Gasteiger partial charge on any atom is -0.493 e. The molecule has 1 aromatic heterocycles. The zero-order chi connectivity index (χ0) is 17.6. The first-order valence-corrected chi connectivity index (χ1v) is 8.24. The molecule has 0 fully saturated rings. The molecular weight excluding hydrogens is 363 g/mol. The van der Waals surface area contributed by atoms with Crippen LogP contribution >= 0.6 is 23.2 Å². The minimum absolute atomic E-state index is 0.257. The van der Waals surface area contributed by atoms with Gasteiger partial charge in [0.1, 0.15) is 19.3 Å². The summed E-state index contributed by atoms with van der Waals surface area (Å²) in [6.07, 6.45) is 3.17. The van der Waals surface area contributed by atoms with Crippen LogP contribution in [0.3, 0.4) is 0 Å². The van der Waals surface area contributed by atoms with E-state index in [1.165, 1.54) is 0 Å². The first kappa shape index (κ1) is 17.4.